The molecule has 3 aromatic heterocycles. The predicted octanol–water partition coefficient (Wildman–Crippen LogP) is 2.74. The van der Waals surface area contributed by atoms with Crippen LogP contribution >= 0.6 is 11.3 Å². The SMILES string of the molecule is O=C(NCCc1cccs1)C1CCCN(C(=O)c2cc(-c3cccnc3)n[nH]2)C1. The van der Waals surface area contributed by atoms with Gasteiger partial charge in [-0.05, 0) is 48.9 Å². The second-order valence-electron chi connectivity index (χ2n) is 7.12. The van der Waals surface area contributed by atoms with E-state index in [0.717, 1.165) is 24.8 Å². The van der Waals surface area contributed by atoms with Gasteiger partial charge in [-0.1, -0.05) is 6.07 Å². The number of carbonyl (C=O) groups excluding carboxylic acids is 2. The number of aromatic amines is 1. The van der Waals surface area contributed by atoms with Crippen molar-refractivity contribution in [2.24, 2.45) is 5.92 Å². The van der Waals surface area contributed by atoms with Gasteiger partial charge in [0.25, 0.3) is 5.91 Å². The molecule has 4 rings (SSSR count). The molecule has 29 heavy (non-hydrogen) atoms. The monoisotopic (exact) mass is 409 g/mol. The Kier molecular flexibility index (Phi) is 6.00. The molecule has 2 N–H and O–H groups in total. The molecule has 0 bridgehead atoms. The van der Waals surface area contributed by atoms with Crippen molar-refractivity contribution in [3.05, 3.63) is 58.7 Å². The highest BCUT2D eigenvalue weighted by Crippen LogP contribution is 2.21. The molecule has 1 fully saturated rings. The normalized spacial score (nSPS) is 16.6. The number of H-pyrrole nitrogens is 1. The molecule has 4 heterocycles. The maximum atomic E-state index is 12.9. The summed E-state index contributed by atoms with van der Waals surface area (Å²) in [6, 6.07) is 9.56. The number of hydrogen-bond donors (Lipinski definition) is 2. The van der Waals surface area contributed by atoms with Gasteiger partial charge in [0, 0.05) is 42.5 Å². The van der Waals surface area contributed by atoms with Gasteiger partial charge in [0.05, 0.1) is 11.6 Å². The number of rotatable bonds is 6. The van der Waals surface area contributed by atoms with E-state index in [1.54, 1.807) is 34.7 Å². The van der Waals surface area contributed by atoms with Gasteiger partial charge < -0.3 is 10.2 Å². The van der Waals surface area contributed by atoms with Crippen molar-refractivity contribution in [3.63, 3.8) is 0 Å². The van der Waals surface area contributed by atoms with E-state index in [0.29, 0.717) is 31.0 Å². The van der Waals surface area contributed by atoms with Crippen molar-refractivity contribution in [1.29, 1.82) is 0 Å². The minimum Gasteiger partial charge on any atom is -0.355 e. The van der Waals surface area contributed by atoms with Crippen LogP contribution in [0.1, 0.15) is 28.2 Å². The number of pyridine rings is 1. The summed E-state index contributed by atoms with van der Waals surface area (Å²) in [6.45, 7) is 1.71. The molecule has 0 saturated carbocycles. The van der Waals surface area contributed by atoms with Gasteiger partial charge in [-0.15, -0.1) is 11.3 Å². The molecule has 0 aromatic carbocycles. The van der Waals surface area contributed by atoms with Crippen molar-refractivity contribution in [2.45, 2.75) is 19.3 Å². The Morgan fingerprint density at radius 1 is 1.31 bits per heavy atom. The van der Waals surface area contributed by atoms with Gasteiger partial charge in [0.2, 0.25) is 5.91 Å². The lowest BCUT2D eigenvalue weighted by atomic mass is 9.96. The summed E-state index contributed by atoms with van der Waals surface area (Å²) in [4.78, 5) is 32.5. The van der Waals surface area contributed by atoms with Crippen LogP contribution in [0.25, 0.3) is 11.3 Å². The lowest BCUT2D eigenvalue weighted by Crippen LogP contribution is -2.45. The van der Waals surface area contributed by atoms with Gasteiger partial charge in [-0.3, -0.25) is 19.7 Å². The minimum atomic E-state index is -0.170. The molecule has 2 amide bonds. The van der Waals surface area contributed by atoms with E-state index in [1.807, 2.05) is 23.6 Å². The van der Waals surface area contributed by atoms with E-state index < -0.39 is 0 Å². The Balaban J connectivity index is 1.33. The molecule has 0 aliphatic carbocycles. The third kappa shape index (κ3) is 4.71. The average Bonchev–Trinajstić information content (AvgIpc) is 3.46. The van der Waals surface area contributed by atoms with Crippen LogP contribution in [0.15, 0.2) is 48.1 Å². The van der Waals surface area contributed by atoms with Crippen LogP contribution in [0, 0.1) is 5.92 Å². The molecule has 1 atom stereocenters. The molecular formula is C21H23N5O2S. The largest absolute Gasteiger partial charge is 0.355 e. The molecule has 0 spiro atoms. The zero-order chi connectivity index (χ0) is 20.1. The van der Waals surface area contributed by atoms with Crippen LogP contribution < -0.4 is 5.32 Å². The molecule has 1 saturated heterocycles. The van der Waals surface area contributed by atoms with Crippen molar-refractivity contribution in [3.8, 4) is 11.3 Å². The van der Waals surface area contributed by atoms with Gasteiger partial charge in [0.1, 0.15) is 5.69 Å². The average molecular weight is 410 g/mol. The maximum Gasteiger partial charge on any atom is 0.271 e. The Bertz CT molecular complexity index is 955. The molecule has 150 valence electrons. The zero-order valence-corrected chi connectivity index (χ0v) is 16.8. The summed E-state index contributed by atoms with van der Waals surface area (Å²) in [5, 5.41) is 12.1. The summed E-state index contributed by atoms with van der Waals surface area (Å²) >= 11 is 1.69. The van der Waals surface area contributed by atoms with E-state index in [4.69, 9.17) is 0 Å². The van der Waals surface area contributed by atoms with Crippen molar-refractivity contribution < 1.29 is 9.59 Å². The minimum absolute atomic E-state index is 0.0275. The van der Waals surface area contributed by atoms with Gasteiger partial charge in [0.15, 0.2) is 0 Å². The number of nitrogens with zero attached hydrogens (tertiary/aromatic N) is 3. The zero-order valence-electron chi connectivity index (χ0n) is 16.0. The first-order chi connectivity index (χ1) is 14.2. The summed E-state index contributed by atoms with van der Waals surface area (Å²) in [7, 11) is 0. The van der Waals surface area contributed by atoms with Crippen molar-refractivity contribution in [1.82, 2.24) is 25.4 Å². The highest BCUT2D eigenvalue weighted by molar-refractivity contribution is 7.09. The highest BCUT2D eigenvalue weighted by Gasteiger charge is 2.29. The number of hydrogen-bond acceptors (Lipinski definition) is 5. The standard InChI is InChI=1S/C21H23N5O2S/c27-20(23-9-7-17-6-3-11-29-17)16-5-2-10-26(14-16)21(28)19-12-18(24-25-19)15-4-1-8-22-13-15/h1,3-4,6,8,11-13,16H,2,5,7,9-10,14H2,(H,23,27)(H,24,25). The molecule has 7 nitrogen and oxygen atoms in total. The Morgan fingerprint density at radius 2 is 2.24 bits per heavy atom. The molecule has 0 radical (unpaired) electrons. The second kappa shape index (κ2) is 9.00. The summed E-state index contributed by atoms with van der Waals surface area (Å²) < 4.78 is 0. The Labute approximate surface area is 173 Å². The Morgan fingerprint density at radius 3 is 3.03 bits per heavy atom. The van der Waals surface area contributed by atoms with Crippen molar-refractivity contribution in [2.75, 3.05) is 19.6 Å². The molecule has 3 aromatic rings. The maximum absolute atomic E-state index is 12.9. The van der Waals surface area contributed by atoms with Gasteiger partial charge in [-0.2, -0.15) is 5.10 Å². The van der Waals surface area contributed by atoms with Crippen LogP contribution in [-0.2, 0) is 11.2 Å². The van der Waals surface area contributed by atoms with Crippen LogP contribution in [0.2, 0.25) is 0 Å². The quantitative estimate of drug-likeness (QED) is 0.655. The molecule has 1 unspecified atom stereocenters. The number of likely N-dealkylation sites (tertiary alicyclic amines) is 1. The first kappa shape index (κ1) is 19.3. The van der Waals surface area contributed by atoms with E-state index in [-0.39, 0.29) is 17.7 Å². The van der Waals surface area contributed by atoms with E-state index >= 15 is 0 Å². The highest BCUT2D eigenvalue weighted by atomic mass is 32.1. The number of carbonyl (C=O) groups is 2. The first-order valence-corrected chi connectivity index (χ1v) is 10.6. The van der Waals surface area contributed by atoms with Crippen molar-refractivity contribution >= 4 is 23.2 Å². The predicted molar refractivity (Wildman–Crippen MR) is 111 cm³/mol. The number of piperidine rings is 1. The number of nitrogens with one attached hydrogen (secondary N) is 2. The molecular weight excluding hydrogens is 386 g/mol. The second-order valence-corrected chi connectivity index (χ2v) is 8.15. The van der Waals surface area contributed by atoms with Crippen LogP contribution in [0.4, 0.5) is 0 Å². The van der Waals surface area contributed by atoms with Crippen LogP contribution in [0.3, 0.4) is 0 Å². The Hall–Kier alpha value is -3.00. The fraction of sp³-hybridized carbons (Fsp3) is 0.333. The first-order valence-electron chi connectivity index (χ1n) is 9.76. The third-order valence-corrected chi connectivity index (χ3v) is 6.03. The number of aromatic nitrogens is 3. The number of thiophene rings is 1. The van der Waals surface area contributed by atoms with Crippen LogP contribution in [-0.4, -0.2) is 51.5 Å². The smallest absolute Gasteiger partial charge is 0.271 e. The topological polar surface area (TPSA) is 91.0 Å². The van der Waals surface area contributed by atoms with Gasteiger partial charge in [-0.25, -0.2) is 0 Å². The third-order valence-electron chi connectivity index (χ3n) is 5.10. The molecule has 1 aliphatic heterocycles. The molecule has 8 heteroatoms. The summed E-state index contributed by atoms with van der Waals surface area (Å²) in [6.07, 6.45) is 5.87. The summed E-state index contributed by atoms with van der Waals surface area (Å²) in [5.41, 5.74) is 1.97. The van der Waals surface area contributed by atoms with E-state index in [9.17, 15) is 9.59 Å². The summed E-state index contributed by atoms with van der Waals surface area (Å²) in [5.74, 6) is -0.264. The fourth-order valence-corrected chi connectivity index (χ4v) is 4.26. The van der Waals surface area contributed by atoms with Gasteiger partial charge >= 0.3 is 0 Å². The number of amides is 2. The fourth-order valence-electron chi connectivity index (χ4n) is 3.55. The van der Waals surface area contributed by atoms with E-state index in [1.165, 1.54) is 4.88 Å². The lowest BCUT2D eigenvalue weighted by molar-refractivity contribution is -0.126. The lowest BCUT2D eigenvalue weighted by Gasteiger charge is -2.31. The molecule has 1 aliphatic rings. The van der Waals surface area contributed by atoms with Crippen LogP contribution in [0.5, 0.6) is 0 Å². The van der Waals surface area contributed by atoms with E-state index in [2.05, 4.69) is 26.6 Å².